The third kappa shape index (κ3) is 10.3. The van der Waals surface area contributed by atoms with E-state index in [1.807, 2.05) is 70.3 Å². The summed E-state index contributed by atoms with van der Waals surface area (Å²) in [5, 5.41) is 18.3. The lowest BCUT2D eigenvalue weighted by atomic mass is 9.86. The second kappa shape index (κ2) is 17.8. The van der Waals surface area contributed by atoms with Gasteiger partial charge in [-0.1, -0.05) is 48.9 Å². The Bertz CT molecular complexity index is 1620. The number of carbonyl (C=O) groups excluding carboxylic acids is 3. The van der Waals surface area contributed by atoms with E-state index in [9.17, 15) is 19.5 Å². The molecule has 264 valence electrons. The van der Waals surface area contributed by atoms with Crippen molar-refractivity contribution in [2.24, 2.45) is 17.8 Å². The van der Waals surface area contributed by atoms with Crippen molar-refractivity contribution in [2.75, 3.05) is 40.3 Å². The minimum atomic E-state index is -0.759. The number of allylic oxidation sites excluding steroid dienone is 2. The van der Waals surface area contributed by atoms with Crippen LogP contribution in [0, 0.1) is 23.6 Å². The van der Waals surface area contributed by atoms with E-state index in [2.05, 4.69) is 15.2 Å². The highest BCUT2D eigenvalue weighted by Crippen LogP contribution is 2.27. The van der Waals surface area contributed by atoms with E-state index in [1.165, 1.54) is 6.07 Å². The first-order valence-electron chi connectivity index (χ1n) is 16.8. The summed E-state index contributed by atoms with van der Waals surface area (Å²) in [7, 11) is 3.61. The zero-order chi connectivity index (χ0) is 35.5. The Morgan fingerprint density at radius 3 is 2.43 bits per heavy atom. The number of fused-ring (bicyclic) bond motifs is 1. The van der Waals surface area contributed by atoms with Crippen molar-refractivity contribution in [3.8, 4) is 5.75 Å². The predicted molar refractivity (Wildman–Crippen MR) is 186 cm³/mol. The zero-order valence-corrected chi connectivity index (χ0v) is 29.0. The predicted octanol–water partition coefficient (Wildman–Crippen LogP) is 5.16. The standard InChI is InChI=1S/C37H48FN5O6/c1-25(7-13-35(26(2)6-10-30(46)14-19-44)49-37(47)42-17-15-41(4)16-18-42)32(24-45)27(3)20-29-21-33(38)36-34(22-29)43(40-39-36)23-28-8-11-31(48-5)12-9-28/h7-9,11-13,19-22,24-26,30,32,35,46H,6,10,14-18,23H2,1-5H3/b13-7+,27-20+/t25-,26+,30-,32-,35-/m0/s1. The third-order valence-electron chi connectivity index (χ3n) is 9.21. The quantitative estimate of drug-likeness (QED) is 0.162. The molecular weight excluding hydrogens is 629 g/mol. The summed E-state index contributed by atoms with van der Waals surface area (Å²) in [6, 6.07) is 10.7. The number of piperazine rings is 1. The highest BCUT2D eigenvalue weighted by atomic mass is 19.1. The van der Waals surface area contributed by atoms with Crippen molar-refractivity contribution >= 4 is 35.8 Å². The molecule has 49 heavy (non-hydrogen) atoms. The van der Waals surface area contributed by atoms with E-state index in [0.29, 0.717) is 49.8 Å². The van der Waals surface area contributed by atoms with E-state index >= 15 is 4.39 Å². The normalized spacial score (nSPS) is 17.4. The highest BCUT2D eigenvalue weighted by Gasteiger charge is 2.26. The van der Waals surface area contributed by atoms with Gasteiger partial charge in [-0.25, -0.2) is 13.9 Å². The molecule has 1 aromatic heterocycles. The summed E-state index contributed by atoms with van der Waals surface area (Å²) < 4.78 is 28.0. The van der Waals surface area contributed by atoms with Gasteiger partial charge in [-0.2, -0.15) is 0 Å². The number of ether oxygens (including phenoxy) is 2. The maximum atomic E-state index is 15.2. The molecule has 3 aromatic rings. The van der Waals surface area contributed by atoms with E-state index in [0.717, 1.165) is 36.3 Å². The second-order valence-electron chi connectivity index (χ2n) is 13.0. The SMILES string of the molecule is COc1ccc(Cn2nnc3c(F)cc(/C=C(\C)[C@@H](C=O)[C@@H](C)/C=C/[C@H](OC(=O)N4CCN(C)CC4)[C@H](C)CC[C@H](O)CC=O)cc32)cc1. The smallest absolute Gasteiger partial charge is 0.410 e. The fraction of sp³-hybridized carbons (Fsp3) is 0.486. The molecule has 0 aliphatic carbocycles. The van der Waals surface area contributed by atoms with Gasteiger partial charge in [0.1, 0.15) is 29.9 Å². The van der Waals surface area contributed by atoms with Gasteiger partial charge >= 0.3 is 6.09 Å². The minimum Gasteiger partial charge on any atom is -0.497 e. The van der Waals surface area contributed by atoms with Gasteiger partial charge in [-0.3, -0.25) is 0 Å². The molecule has 1 fully saturated rings. The Kier molecular flexibility index (Phi) is 13.6. The van der Waals surface area contributed by atoms with Crippen LogP contribution >= 0.6 is 0 Å². The lowest BCUT2D eigenvalue weighted by molar-refractivity contribution is -0.111. The van der Waals surface area contributed by atoms with Crippen LogP contribution < -0.4 is 4.74 Å². The molecule has 1 aliphatic heterocycles. The number of hydrogen-bond donors (Lipinski definition) is 1. The molecule has 0 unspecified atom stereocenters. The van der Waals surface area contributed by atoms with E-state index in [-0.39, 0.29) is 23.8 Å². The molecule has 1 saturated heterocycles. The van der Waals surface area contributed by atoms with Crippen LogP contribution in [0.25, 0.3) is 17.1 Å². The van der Waals surface area contributed by atoms with Crippen molar-refractivity contribution < 1.29 is 33.4 Å². The summed E-state index contributed by atoms with van der Waals surface area (Å²) in [5.74, 6) is -0.736. The summed E-state index contributed by atoms with van der Waals surface area (Å²) in [4.78, 5) is 40.2. The van der Waals surface area contributed by atoms with Crippen LogP contribution in [0.3, 0.4) is 0 Å². The van der Waals surface area contributed by atoms with Crippen molar-refractivity contribution in [3.63, 3.8) is 0 Å². The summed E-state index contributed by atoms with van der Waals surface area (Å²) >= 11 is 0. The lowest BCUT2D eigenvalue weighted by Crippen LogP contribution is -2.48. The lowest BCUT2D eigenvalue weighted by Gasteiger charge is -2.33. The molecule has 1 amide bonds. The van der Waals surface area contributed by atoms with Gasteiger partial charge in [0.25, 0.3) is 0 Å². The van der Waals surface area contributed by atoms with Gasteiger partial charge < -0.3 is 34.0 Å². The molecular formula is C37H48FN5O6. The van der Waals surface area contributed by atoms with E-state index in [4.69, 9.17) is 9.47 Å². The van der Waals surface area contributed by atoms with Gasteiger partial charge in [0.05, 0.1) is 25.3 Å². The molecule has 5 atom stereocenters. The molecule has 11 nitrogen and oxygen atoms in total. The monoisotopic (exact) mass is 677 g/mol. The first-order chi connectivity index (χ1) is 23.5. The number of methoxy groups -OCH3 is 1. The molecule has 12 heteroatoms. The van der Waals surface area contributed by atoms with Crippen molar-refractivity contribution in [1.29, 1.82) is 0 Å². The summed E-state index contributed by atoms with van der Waals surface area (Å²) in [5.41, 5.74) is 2.95. The summed E-state index contributed by atoms with van der Waals surface area (Å²) in [6.45, 7) is 8.71. The average molecular weight is 678 g/mol. The fourth-order valence-corrected chi connectivity index (χ4v) is 5.93. The molecule has 4 rings (SSSR count). The number of rotatable bonds is 16. The molecule has 1 aliphatic rings. The zero-order valence-electron chi connectivity index (χ0n) is 29.0. The number of nitrogens with zero attached hydrogens (tertiary/aromatic N) is 5. The van der Waals surface area contributed by atoms with Crippen molar-refractivity contribution in [2.45, 2.75) is 58.8 Å². The van der Waals surface area contributed by atoms with Gasteiger partial charge in [0.15, 0.2) is 5.82 Å². The molecule has 0 bridgehead atoms. The largest absolute Gasteiger partial charge is 0.497 e. The molecule has 2 aromatic carbocycles. The molecule has 1 N–H and O–H groups in total. The molecule has 2 heterocycles. The summed E-state index contributed by atoms with van der Waals surface area (Å²) in [6.07, 6.45) is 6.24. The number of aliphatic hydroxyl groups excluding tert-OH is 1. The highest BCUT2D eigenvalue weighted by molar-refractivity contribution is 5.79. The van der Waals surface area contributed by atoms with Crippen LogP contribution in [0.15, 0.2) is 54.1 Å². The number of aromatic nitrogens is 3. The van der Waals surface area contributed by atoms with E-state index in [1.54, 1.807) is 22.8 Å². The Balaban J connectivity index is 1.51. The number of aliphatic hydroxyl groups is 1. The van der Waals surface area contributed by atoms with Gasteiger partial charge in [-0.15, -0.1) is 5.10 Å². The minimum absolute atomic E-state index is 0.0519. The van der Waals surface area contributed by atoms with Crippen molar-refractivity contribution in [1.82, 2.24) is 24.8 Å². The van der Waals surface area contributed by atoms with Crippen LogP contribution in [0.5, 0.6) is 5.75 Å². The molecule has 0 saturated carbocycles. The van der Waals surface area contributed by atoms with Gasteiger partial charge in [0, 0.05) is 38.5 Å². The number of hydrogen-bond acceptors (Lipinski definition) is 9. The molecule has 0 radical (unpaired) electrons. The number of amides is 1. The van der Waals surface area contributed by atoms with Gasteiger partial charge in [0.2, 0.25) is 0 Å². The van der Waals surface area contributed by atoms with Crippen LogP contribution in [-0.2, 0) is 20.9 Å². The first kappa shape index (κ1) is 37.4. The Morgan fingerprint density at radius 2 is 1.78 bits per heavy atom. The van der Waals surface area contributed by atoms with Crippen LogP contribution in [0.2, 0.25) is 0 Å². The van der Waals surface area contributed by atoms with Crippen LogP contribution in [0.4, 0.5) is 9.18 Å². The fourth-order valence-electron chi connectivity index (χ4n) is 5.93. The second-order valence-corrected chi connectivity index (χ2v) is 13.0. The number of benzene rings is 2. The Morgan fingerprint density at radius 1 is 1.06 bits per heavy atom. The Labute approximate surface area is 287 Å². The number of carbonyl (C=O) groups is 3. The molecule has 0 spiro atoms. The number of aldehydes is 2. The van der Waals surface area contributed by atoms with E-state index < -0.39 is 30.0 Å². The average Bonchev–Trinajstić information content (AvgIpc) is 3.49. The maximum absolute atomic E-state index is 15.2. The van der Waals surface area contributed by atoms with Gasteiger partial charge in [-0.05, 0) is 80.1 Å². The number of halogens is 1. The van der Waals surface area contributed by atoms with Crippen molar-refractivity contribution in [3.05, 3.63) is 71.1 Å². The first-order valence-corrected chi connectivity index (χ1v) is 16.8. The Hall–Kier alpha value is -4.42. The maximum Gasteiger partial charge on any atom is 0.410 e. The van der Waals surface area contributed by atoms with Crippen LogP contribution in [0.1, 0.15) is 51.2 Å². The van der Waals surface area contributed by atoms with Crippen LogP contribution in [-0.4, -0.2) is 101 Å². The number of likely N-dealkylation sites (N-methyl/N-ethyl adjacent to an activating group) is 1. The topological polar surface area (TPSA) is 127 Å². The third-order valence-corrected chi connectivity index (χ3v) is 9.21.